The largest absolute Gasteiger partial charge is 0.376 e. The van der Waals surface area contributed by atoms with E-state index in [1.807, 2.05) is 29.8 Å². The lowest BCUT2D eigenvalue weighted by Crippen LogP contribution is -2.16. The number of rotatable bonds is 5. The summed E-state index contributed by atoms with van der Waals surface area (Å²) in [7, 11) is 0. The molecule has 1 saturated heterocycles. The van der Waals surface area contributed by atoms with Gasteiger partial charge < -0.3 is 4.74 Å². The molecule has 0 amide bonds. The summed E-state index contributed by atoms with van der Waals surface area (Å²) in [5, 5.41) is 17.1. The van der Waals surface area contributed by atoms with Crippen molar-refractivity contribution in [1.82, 2.24) is 30.2 Å². The second-order valence-electron chi connectivity index (χ2n) is 6.65. The van der Waals surface area contributed by atoms with Crippen molar-refractivity contribution in [3.8, 4) is 11.1 Å². The van der Waals surface area contributed by atoms with Gasteiger partial charge in [0.25, 0.3) is 0 Å². The molecule has 1 aliphatic rings. The van der Waals surface area contributed by atoms with E-state index in [0.29, 0.717) is 6.54 Å². The van der Waals surface area contributed by atoms with E-state index in [0.717, 1.165) is 56.8 Å². The first kappa shape index (κ1) is 17.7. The molecule has 1 aliphatic heterocycles. The molecule has 0 spiro atoms. The lowest BCUT2D eigenvalue weighted by Gasteiger charge is -2.10. The Labute approximate surface area is 170 Å². The SMILES string of the molecule is Cc1nc(Sc2nnnn2CC2CCCO2)c2c(-c3ccccc3)csc2n1. The fraction of sp³-hybridized carbons (Fsp3) is 0.316. The number of nitrogens with zero attached hydrogens (tertiary/aromatic N) is 6. The molecule has 0 saturated carbocycles. The van der Waals surface area contributed by atoms with Crippen LogP contribution < -0.4 is 0 Å². The molecule has 4 heterocycles. The van der Waals surface area contributed by atoms with E-state index in [4.69, 9.17) is 9.72 Å². The van der Waals surface area contributed by atoms with Gasteiger partial charge in [-0.25, -0.2) is 14.6 Å². The van der Waals surface area contributed by atoms with Crippen LogP contribution in [0.1, 0.15) is 18.7 Å². The number of benzene rings is 1. The minimum Gasteiger partial charge on any atom is -0.376 e. The Morgan fingerprint density at radius 2 is 2.14 bits per heavy atom. The fourth-order valence-electron chi connectivity index (χ4n) is 3.37. The first-order valence-electron chi connectivity index (χ1n) is 9.15. The Kier molecular flexibility index (Phi) is 4.79. The molecular formula is C19H18N6OS2. The second-order valence-corrected chi connectivity index (χ2v) is 8.47. The van der Waals surface area contributed by atoms with Crippen LogP contribution >= 0.6 is 23.1 Å². The Hall–Kier alpha value is -2.36. The van der Waals surface area contributed by atoms with Gasteiger partial charge in [0.2, 0.25) is 5.16 Å². The summed E-state index contributed by atoms with van der Waals surface area (Å²) in [6.07, 6.45) is 2.32. The number of hydrogen-bond acceptors (Lipinski definition) is 8. The van der Waals surface area contributed by atoms with Crippen LogP contribution in [0.25, 0.3) is 21.3 Å². The van der Waals surface area contributed by atoms with E-state index in [9.17, 15) is 0 Å². The standard InChI is InChI=1S/C19H18N6OS2/c1-12-20-17-16(15(11-27-17)13-6-3-2-4-7-13)18(21-12)28-19-22-23-24-25(19)10-14-8-5-9-26-14/h2-4,6-7,11,14H,5,8-10H2,1H3. The monoisotopic (exact) mass is 410 g/mol. The summed E-state index contributed by atoms with van der Waals surface area (Å²) in [5.41, 5.74) is 2.29. The lowest BCUT2D eigenvalue weighted by molar-refractivity contribution is 0.0912. The van der Waals surface area contributed by atoms with Crippen molar-refractivity contribution in [2.75, 3.05) is 6.61 Å². The minimum atomic E-state index is 0.177. The molecule has 3 aromatic heterocycles. The van der Waals surface area contributed by atoms with Crippen molar-refractivity contribution < 1.29 is 4.74 Å². The maximum Gasteiger partial charge on any atom is 0.215 e. The van der Waals surface area contributed by atoms with Gasteiger partial charge in [-0.3, -0.25) is 0 Å². The van der Waals surface area contributed by atoms with Crippen molar-refractivity contribution in [2.24, 2.45) is 0 Å². The molecule has 4 aromatic rings. The molecule has 0 radical (unpaired) electrons. The van der Waals surface area contributed by atoms with Crippen LogP contribution in [0.4, 0.5) is 0 Å². The Morgan fingerprint density at radius 3 is 2.96 bits per heavy atom. The highest BCUT2D eigenvalue weighted by atomic mass is 32.2. The Bertz CT molecular complexity index is 1100. The summed E-state index contributed by atoms with van der Waals surface area (Å²) in [6, 6.07) is 10.3. The summed E-state index contributed by atoms with van der Waals surface area (Å²) < 4.78 is 7.55. The molecule has 1 unspecified atom stereocenters. The van der Waals surface area contributed by atoms with Crippen molar-refractivity contribution >= 4 is 33.3 Å². The minimum absolute atomic E-state index is 0.177. The van der Waals surface area contributed by atoms with Crippen LogP contribution in [0.3, 0.4) is 0 Å². The zero-order valence-corrected chi connectivity index (χ0v) is 16.9. The second kappa shape index (κ2) is 7.57. The maximum absolute atomic E-state index is 5.74. The average molecular weight is 411 g/mol. The van der Waals surface area contributed by atoms with E-state index in [1.165, 1.54) is 11.8 Å². The maximum atomic E-state index is 5.74. The van der Waals surface area contributed by atoms with Gasteiger partial charge in [0.15, 0.2) is 0 Å². The molecule has 7 nitrogen and oxygen atoms in total. The molecule has 1 fully saturated rings. The number of fused-ring (bicyclic) bond motifs is 1. The highest BCUT2D eigenvalue weighted by Gasteiger charge is 2.21. The molecule has 1 atom stereocenters. The van der Waals surface area contributed by atoms with Gasteiger partial charge in [-0.2, -0.15) is 0 Å². The van der Waals surface area contributed by atoms with Gasteiger partial charge >= 0.3 is 0 Å². The van der Waals surface area contributed by atoms with Gasteiger partial charge in [0.05, 0.1) is 18.0 Å². The predicted octanol–water partition coefficient (Wildman–Crippen LogP) is 3.98. The molecule has 0 N–H and O–H groups in total. The Balaban J connectivity index is 1.54. The lowest BCUT2D eigenvalue weighted by atomic mass is 10.1. The first-order valence-corrected chi connectivity index (χ1v) is 10.8. The molecule has 142 valence electrons. The summed E-state index contributed by atoms with van der Waals surface area (Å²) in [6.45, 7) is 3.40. The van der Waals surface area contributed by atoms with Crippen LogP contribution in [0.2, 0.25) is 0 Å². The highest BCUT2D eigenvalue weighted by Crippen LogP contribution is 2.40. The third-order valence-corrected chi connectivity index (χ3v) is 6.52. The van der Waals surface area contributed by atoms with Gasteiger partial charge in [0.1, 0.15) is 15.7 Å². The number of tetrazole rings is 1. The number of aromatic nitrogens is 6. The van der Waals surface area contributed by atoms with E-state index >= 15 is 0 Å². The topological polar surface area (TPSA) is 78.6 Å². The Morgan fingerprint density at radius 1 is 1.25 bits per heavy atom. The average Bonchev–Trinajstić information content (AvgIpc) is 3.45. The van der Waals surface area contributed by atoms with Gasteiger partial charge in [-0.05, 0) is 47.5 Å². The number of thiophene rings is 1. The molecule has 5 rings (SSSR count). The molecule has 1 aromatic carbocycles. The predicted molar refractivity (Wildman–Crippen MR) is 109 cm³/mol. The summed E-state index contributed by atoms with van der Waals surface area (Å²) in [5.74, 6) is 0.745. The number of aryl methyl sites for hydroxylation is 1. The molecular weight excluding hydrogens is 392 g/mol. The summed E-state index contributed by atoms with van der Waals surface area (Å²) >= 11 is 3.13. The quantitative estimate of drug-likeness (QED) is 0.460. The van der Waals surface area contributed by atoms with Crippen LogP contribution in [-0.4, -0.2) is 42.9 Å². The van der Waals surface area contributed by atoms with E-state index in [1.54, 1.807) is 11.3 Å². The van der Waals surface area contributed by atoms with Crippen molar-refractivity contribution in [3.05, 3.63) is 41.5 Å². The zero-order chi connectivity index (χ0) is 18.9. The van der Waals surface area contributed by atoms with Gasteiger partial charge in [-0.15, -0.1) is 16.4 Å². The summed E-state index contributed by atoms with van der Waals surface area (Å²) in [4.78, 5) is 10.3. The number of hydrogen-bond donors (Lipinski definition) is 0. The van der Waals surface area contributed by atoms with E-state index in [2.05, 4.69) is 38.0 Å². The van der Waals surface area contributed by atoms with E-state index in [-0.39, 0.29) is 6.10 Å². The molecule has 0 bridgehead atoms. The van der Waals surface area contributed by atoms with E-state index < -0.39 is 0 Å². The number of ether oxygens (including phenoxy) is 1. The zero-order valence-electron chi connectivity index (χ0n) is 15.3. The van der Waals surface area contributed by atoms with Crippen molar-refractivity contribution in [3.63, 3.8) is 0 Å². The first-order chi connectivity index (χ1) is 13.8. The molecule has 28 heavy (non-hydrogen) atoms. The normalized spacial score (nSPS) is 16.8. The third-order valence-electron chi connectivity index (χ3n) is 4.68. The van der Waals surface area contributed by atoms with Gasteiger partial charge in [0, 0.05) is 17.6 Å². The molecule has 9 heteroatoms. The third kappa shape index (κ3) is 3.41. The van der Waals surface area contributed by atoms with Crippen molar-refractivity contribution in [2.45, 2.75) is 42.6 Å². The van der Waals surface area contributed by atoms with Crippen LogP contribution in [0, 0.1) is 6.92 Å². The molecule has 0 aliphatic carbocycles. The smallest absolute Gasteiger partial charge is 0.215 e. The van der Waals surface area contributed by atoms with Crippen LogP contribution in [0.5, 0.6) is 0 Å². The van der Waals surface area contributed by atoms with Crippen LogP contribution in [0.15, 0.2) is 45.9 Å². The highest BCUT2D eigenvalue weighted by molar-refractivity contribution is 7.99. The van der Waals surface area contributed by atoms with Gasteiger partial charge in [-0.1, -0.05) is 30.3 Å². The fourth-order valence-corrected chi connectivity index (χ4v) is 5.38. The van der Waals surface area contributed by atoms with Crippen LogP contribution in [-0.2, 0) is 11.3 Å². The van der Waals surface area contributed by atoms with Crippen molar-refractivity contribution in [1.29, 1.82) is 0 Å².